The van der Waals surface area contributed by atoms with E-state index >= 15 is 0 Å². The van der Waals surface area contributed by atoms with Crippen LogP contribution in [0.1, 0.15) is 149 Å². The molecule has 178 valence electrons. The highest BCUT2D eigenvalue weighted by Gasteiger charge is 2.23. The molecule has 28 heavy (non-hydrogen) atoms. The smallest absolute Gasteiger partial charge is 0.0368 e. The Balaban J connectivity index is -0.0000000927. The van der Waals surface area contributed by atoms with E-state index in [9.17, 15) is 0 Å². The second kappa shape index (κ2) is 31.7. The highest BCUT2D eigenvalue weighted by atomic mass is 14.3. The summed E-state index contributed by atoms with van der Waals surface area (Å²) in [5.41, 5.74) is 0. The Kier molecular flexibility index (Phi) is 43.7. The minimum atomic E-state index is 0.861. The first-order valence-corrected chi connectivity index (χ1v) is 13.3. The van der Waals surface area contributed by atoms with E-state index in [0.717, 1.165) is 35.5 Å². The van der Waals surface area contributed by atoms with Crippen LogP contribution in [0.5, 0.6) is 0 Å². The maximum absolute atomic E-state index is 2.42. The summed E-state index contributed by atoms with van der Waals surface area (Å²) >= 11 is 0. The third-order valence-corrected chi connectivity index (χ3v) is 5.52. The van der Waals surface area contributed by atoms with Crippen LogP contribution in [-0.2, 0) is 0 Å². The third-order valence-electron chi connectivity index (χ3n) is 5.52. The second-order valence-corrected chi connectivity index (χ2v) is 8.00. The summed E-state index contributed by atoms with van der Waals surface area (Å²) in [6, 6.07) is 0. The molecular weight excluding hydrogens is 336 g/mol. The zero-order valence-electron chi connectivity index (χ0n) is 23.7. The Bertz CT molecular complexity index is 216. The third kappa shape index (κ3) is 24.0. The van der Waals surface area contributed by atoms with Gasteiger partial charge in [-0.15, -0.1) is 0 Å². The average molecular weight is 403 g/mol. The van der Waals surface area contributed by atoms with Gasteiger partial charge in [0.25, 0.3) is 0 Å². The highest BCUT2D eigenvalue weighted by molar-refractivity contribution is 4.74. The van der Waals surface area contributed by atoms with Crippen LogP contribution < -0.4 is 0 Å². The van der Waals surface area contributed by atoms with Crippen LogP contribution in [0, 0.1) is 35.5 Å². The van der Waals surface area contributed by atoms with E-state index in [1.807, 2.05) is 55.4 Å². The fourth-order valence-corrected chi connectivity index (χ4v) is 4.01. The molecule has 0 heteroatoms. The zero-order valence-corrected chi connectivity index (χ0v) is 23.7. The first kappa shape index (κ1) is 38.6. The van der Waals surface area contributed by atoms with Crippen molar-refractivity contribution < 1.29 is 0 Å². The molecule has 0 amide bonds. The van der Waals surface area contributed by atoms with Crippen molar-refractivity contribution in [3.8, 4) is 0 Å². The van der Waals surface area contributed by atoms with Gasteiger partial charge in [-0.1, -0.05) is 143 Å². The van der Waals surface area contributed by atoms with Crippen molar-refractivity contribution in [3.05, 3.63) is 0 Å². The molecule has 4 unspecified atom stereocenters. The van der Waals surface area contributed by atoms with Crippen molar-refractivity contribution in [1.29, 1.82) is 0 Å². The standard InChI is InChI=1S/C10H20.C10H22.4C2H6/c1-8(2)7-10-6-4-5-9(10)3;1-6-9(5)10(7-2)8(3)4;4*1-2/h8-10H,4-7H2,1-3H3;8-10H,6-7H2,1-5H3;4*1-2H3. The molecule has 4 atom stereocenters. The number of hydrogen-bond donors (Lipinski definition) is 0. The van der Waals surface area contributed by atoms with Crippen molar-refractivity contribution in [3.63, 3.8) is 0 Å². The van der Waals surface area contributed by atoms with Crippen molar-refractivity contribution in [1.82, 2.24) is 0 Å². The quantitative estimate of drug-likeness (QED) is 0.414. The molecule has 0 aromatic heterocycles. The molecule has 0 radical (unpaired) electrons. The molecule has 1 saturated carbocycles. The van der Waals surface area contributed by atoms with Gasteiger partial charge in [-0.05, 0) is 41.9 Å². The average Bonchev–Trinajstić information content (AvgIpc) is 3.12. The van der Waals surface area contributed by atoms with Crippen molar-refractivity contribution >= 4 is 0 Å². The van der Waals surface area contributed by atoms with Gasteiger partial charge in [-0.25, -0.2) is 0 Å². The molecule has 0 spiro atoms. The zero-order chi connectivity index (χ0) is 23.7. The predicted molar refractivity (Wildman–Crippen MR) is 139 cm³/mol. The first-order chi connectivity index (χ1) is 13.3. The van der Waals surface area contributed by atoms with Gasteiger partial charge in [0, 0.05) is 0 Å². The van der Waals surface area contributed by atoms with Crippen LogP contribution in [0.4, 0.5) is 0 Å². The molecule has 0 aromatic carbocycles. The summed E-state index contributed by atoms with van der Waals surface area (Å²) in [5.74, 6) is 5.68. The lowest BCUT2D eigenvalue weighted by atomic mass is 9.81. The molecule has 1 aliphatic carbocycles. The van der Waals surface area contributed by atoms with Crippen molar-refractivity contribution in [2.45, 2.75) is 149 Å². The number of rotatable bonds is 6. The SMILES string of the molecule is CC.CC.CC.CC.CC(C)CC1CCCC1C.CCC(C)C(CC)C(C)C. The van der Waals surface area contributed by atoms with Crippen LogP contribution in [0.15, 0.2) is 0 Å². The molecule has 0 aromatic rings. The van der Waals surface area contributed by atoms with Gasteiger partial charge in [0.15, 0.2) is 0 Å². The van der Waals surface area contributed by atoms with E-state index in [1.54, 1.807) is 0 Å². The largest absolute Gasteiger partial charge is 0.0683 e. The Morgan fingerprint density at radius 1 is 0.679 bits per heavy atom. The van der Waals surface area contributed by atoms with E-state index in [-0.39, 0.29) is 0 Å². The minimum absolute atomic E-state index is 0.861. The summed E-state index contributed by atoms with van der Waals surface area (Å²) in [6.07, 6.45) is 8.60. The summed E-state index contributed by atoms with van der Waals surface area (Å²) in [5, 5.41) is 0. The van der Waals surface area contributed by atoms with Gasteiger partial charge >= 0.3 is 0 Å². The predicted octanol–water partition coefficient (Wildman–Crippen LogP) is 11.3. The second-order valence-electron chi connectivity index (χ2n) is 8.00. The van der Waals surface area contributed by atoms with Crippen LogP contribution in [0.3, 0.4) is 0 Å². The molecule has 0 bridgehead atoms. The van der Waals surface area contributed by atoms with Gasteiger partial charge in [0.1, 0.15) is 0 Å². The van der Waals surface area contributed by atoms with E-state index in [4.69, 9.17) is 0 Å². The minimum Gasteiger partial charge on any atom is -0.0683 e. The maximum atomic E-state index is 2.42. The van der Waals surface area contributed by atoms with E-state index in [2.05, 4.69) is 55.4 Å². The fourth-order valence-electron chi connectivity index (χ4n) is 4.01. The fraction of sp³-hybridized carbons (Fsp3) is 1.00. The lowest BCUT2D eigenvalue weighted by Gasteiger charge is -2.24. The lowest BCUT2D eigenvalue weighted by molar-refractivity contribution is 0.256. The van der Waals surface area contributed by atoms with Crippen LogP contribution >= 0.6 is 0 Å². The van der Waals surface area contributed by atoms with Crippen molar-refractivity contribution in [2.75, 3.05) is 0 Å². The first-order valence-electron chi connectivity index (χ1n) is 13.3. The maximum Gasteiger partial charge on any atom is -0.0368 e. The Labute approximate surface area is 185 Å². The van der Waals surface area contributed by atoms with Crippen LogP contribution in [0.2, 0.25) is 0 Å². The number of hydrogen-bond acceptors (Lipinski definition) is 0. The molecule has 0 heterocycles. The molecular formula is C28H66. The van der Waals surface area contributed by atoms with E-state index < -0.39 is 0 Å². The molecule has 1 fully saturated rings. The Hall–Kier alpha value is 0. The van der Waals surface area contributed by atoms with Crippen LogP contribution in [-0.4, -0.2) is 0 Å². The summed E-state index contributed by atoms with van der Waals surface area (Å²) in [6.45, 7) is 34.7. The summed E-state index contributed by atoms with van der Waals surface area (Å²) in [7, 11) is 0. The highest BCUT2D eigenvalue weighted by Crippen LogP contribution is 2.35. The van der Waals surface area contributed by atoms with Gasteiger partial charge in [-0.3, -0.25) is 0 Å². The van der Waals surface area contributed by atoms with Crippen molar-refractivity contribution in [2.24, 2.45) is 35.5 Å². The summed E-state index contributed by atoms with van der Waals surface area (Å²) in [4.78, 5) is 0. The molecule has 0 nitrogen and oxygen atoms in total. The van der Waals surface area contributed by atoms with Gasteiger partial charge in [0.2, 0.25) is 0 Å². The summed E-state index contributed by atoms with van der Waals surface area (Å²) < 4.78 is 0. The molecule has 0 N–H and O–H groups in total. The topological polar surface area (TPSA) is 0 Å². The van der Waals surface area contributed by atoms with Crippen LogP contribution in [0.25, 0.3) is 0 Å². The van der Waals surface area contributed by atoms with Gasteiger partial charge < -0.3 is 0 Å². The normalized spacial score (nSPS) is 19.1. The van der Waals surface area contributed by atoms with Gasteiger partial charge in [0.05, 0.1) is 0 Å². The van der Waals surface area contributed by atoms with E-state index in [1.165, 1.54) is 38.5 Å². The lowest BCUT2D eigenvalue weighted by Crippen LogP contribution is -2.16. The molecule has 1 aliphatic rings. The molecule has 0 aliphatic heterocycles. The molecule has 0 saturated heterocycles. The Morgan fingerprint density at radius 3 is 1.29 bits per heavy atom. The monoisotopic (exact) mass is 403 g/mol. The van der Waals surface area contributed by atoms with E-state index in [0.29, 0.717) is 0 Å². The molecule has 1 rings (SSSR count). The van der Waals surface area contributed by atoms with Gasteiger partial charge in [-0.2, -0.15) is 0 Å². The Morgan fingerprint density at radius 2 is 1.11 bits per heavy atom.